The first-order chi connectivity index (χ1) is 7.18. The summed E-state index contributed by atoms with van der Waals surface area (Å²) in [5, 5.41) is 14.8. The molecule has 2 N–H and O–H groups in total. The van der Waals surface area contributed by atoms with Gasteiger partial charge in [0.2, 0.25) is 5.58 Å². The zero-order valence-electron chi connectivity index (χ0n) is 7.89. The molecule has 0 atom stereocenters. The van der Waals surface area contributed by atoms with Gasteiger partial charge in [0.15, 0.2) is 5.82 Å². The highest BCUT2D eigenvalue weighted by atomic mass is 16.5. The minimum Gasteiger partial charge on any atom is -0.480 e. The van der Waals surface area contributed by atoms with Crippen LogP contribution in [0, 0.1) is 6.92 Å². The van der Waals surface area contributed by atoms with Crippen LogP contribution >= 0.6 is 0 Å². The highest BCUT2D eigenvalue weighted by molar-refractivity contribution is 5.85. The molecule has 2 heterocycles. The Morgan fingerprint density at radius 1 is 1.60 bits per heavy atom. The van der Waals surface area contributed by atoms with Gasteiger partial charge in [-0.1, -0.05) is 5.16 Å². The molecule has 0 aliphatic carbocycles. The van der Waals surface area contributed by atoms with Gasteiger partial charge >= 0.3 is 5.97 Å². The number of hydrogen-bond donors (Lipinski definition) is 2. The average Bonchev–Trinajstić information content (AvgIpc) is 2.58. The Balaban J connectivity index is 2.38. The second kappa shape index (κ2) is 3.52. The number of aliphatic carboxylic acids is 1. The van der Waals surface area contributed by atoms with Gasteiger partial charge in [0.25, 0.3) is 0 Å². The van der Waals surface area contributed by atoms with Crippen LogP contribution in [0.25, 0.3) is 11.1 Å². The number of nitrogens with zero attached hydrogens (tertiary/aromatic N) is 3. The number of carbonyl (C=O) groups is 1. The Hall–Kier alpha value is -2.18. The third kappa shape index (κ3) is 1.71. The molecule has 0 saturated carbocycles. The number of carboxylic acid groups (broad SMARTS) is 1. The molecule has 2 aromatic rings. The Morgan fingerprint density at radius 3 is 3.13 bits per heavy atom. The molecule has 0 aliphatic heterocycles. The van der Waals surface area contributed by atoms with Crippen LogP contribution in [0.4, 0.5) is 5.82 Å². The van der Waals surface area contributed by atoms with Gasteiger partial charge in [0, 0.05) is 0 Å². The standard InChI is InChI=1S/C8H8N4O3/c1-4-6-7(15-12-4)8(11-3-10-6)9-2-5(13)14/h3H,2H2,1H3,(H,13,14)(H,9,10,11). The van der Waals surface area contributed by atoms with Crippen molar-refractivity contribution in [3.05, 3.63) is 12.0 Å². The molecule has 0 radical (unpaired) electrons. The molecule has 0 saturated heterocycles. The lowest BCUT2D eigenvalue weighted by atomic mass is 10.3. The summed E-state index contributed by atoms with van der Waals surface area (Å²) >= 11 is 0. The fourth-order valence-corrected chi connectivity index (χ4v) is 1.16. The van der Waals surface area contributed by atoms with Gasteiger partial charge in [-0.15, -0.1) is 0 Å². The minimum absolute atomic E-state index is 0.230. The summed E-state index contributed by atoms with van der Waals surface area (Å²) in [5.74, 6) is -0.638. The summed E-state index contributed by atoms with van der Waals surface area (Å²) in [4.78, 5) is 18.2. The molecular formula is C8H8N4O3. The number of aromatic nitrogens is 3. The molecule has 0 spiro atoms. The fraction of sp³-hybridized carbons (Fsp3) is 0.250. The zero-order valence-corrected chi connectivity index (χ0v) is 7.89. The van der Waals surface area contributed by atoms with E-state index in [1.165, 1.54) is 6.33 Å². The van der Waals surface area contributed by atoms with E-state index >= 15 is 0 Å². The number of fused-ring (bicyclic) bond motifs is 1. The lowest BCUT2D eigenvalue weighted by molar-refractivity contribution is -0.134. The van der Waals surface area contributed by atoms with Crippen molar-refractivity contribution in [2.24, 2.45) is 0 Å². The highest BCUT2D eigenvalue weighted by Gasteiger charge is 2.11. The zero-order chi connectivity index (χ0) is 10.8. The van der Waals surface area contributed by atoms with Gasteiger partial charge in [-0.2, -0.15) is 0 Å². The molecule has 0 unspecified atom stereocenters. The van der Waals surface area contributed by atoms with Crippen molar-refractivity contribution in [1.29, 1.82) is 0 Å². The monoisotopic (exact) mass is 208 g/mol. The Labute approximate surface area is 84.1 Å². The maximum Gasteiger partial charge on any atom is 0.322 e. The normalized spacial score (nSPS) is 10.5. The molecule has 0 fully saturated rings. The topological polar surface area (TPSA) is 101 Å². The number of rotatable bonds is 3. The number of nitrogens with one attached hydrogen (secondary N) is 1. The molecule has 78 valence electrons. The quantitative estimate of drug-likeness (QED) is 0.753. The van der Waals surface area contributed by atoms with Crippen LogP contribution in [0.2, 0.25) is 0 Å². The maximum absolute atomic E-state index is 10.4. The van der Waals surface area contributed by atoms with Crippen LogP contribution in [0.15, 0.2) is 10.9 Å². The van der Waals surface area contributed by atoms with E-state index in [0.717, 1.165) is 0 Å². The second-order valence-electron chi connectivity index (χ2n) is 2.92. The van der Waals surface area contributed by atoms with Crippen molar-refractivity contribution in [3.63, 3.8) is 0 Å². The lowest BCUT2D eigenvalue weighted by Crippen LogP contribution is -2.13. The Bertz CT molecular complexity index is 508. The van der Waals surface area contributed by atoms with Crippen molar-refractivity contribution in [1.82, 2.24) is 15.1 Å². The Kier molecular flexibility index (Phi) is 2.20. The van der Waals surface area contributed by atoms with Crippen molar-refractivity contribution in [2.45, 2.75) is 6.92 Å². The predicted molar refractivity (Wildman–Crippen MR) is 50.5 cm³/mol. The molecule has 2 rings (SSSR count). The molecule has 0 aliphatic rings. The number of carboxylic acids is 1. The third-order valence-corrected chi connectivity index (χ3v) is 1.83. The van der Waals surface area contributed by atoms with E-state index in [-0.39, 0.29) is 6.54 Å². The van der Waals surface area contributed by atoms with Gasteiger partial charge in [-0.05, 0) is 6.92 Å². The van der Waals surface area contributed by atoms with E-state index in [1.807, 2.05) is 0 Å². The van der Waals surface area contributed by atoms with Crippen LogP contribution in [0.3, 0.4) is 0 Å². The minimum atomic E-state index is -0.974. The van der Waals surface area contributed by atoms with E-state index in [1.54, 1.807) is 6.92 Å². The van der Waals surface area contributed by atoms with Gasteiger partial charge < -0.3 is 14.9 Å². The molecule has 7 nitrogen and oxygen atoms in total. The second-order valence-corrected chi connectivity index (χ2v) is 2.92. The summed E-state index contributed by atoms with van der Waals surface area (Å²) < 4.78 is 4.98. The fourth-order valence-electron chi connectivity index (χ4n) is 1.16. The molecule has 15 heavy (non-hydrogen) atoms. The molecule has 0 aromatic carbocycles. The van der Waals surface area contributed by atoms with E-state index in [0.29, 0.717) is 22.6 Å². The van der Waals surface area contributed by atoms with Crippen molar-refractivity contribution in [2.75, 3.05) is 11.9 Å². The van der Waals surface area contributed by atoms with E-state index in [2.05, 4.69) is 20.4 Å². The predicted octanol–water partition coefficient (Wildman–Crippen LogP) is 0.423. The molecule has 7 heteroatoms. The molecular weight excluding hydrogens is 200 g/mol. The summed E-state index contributed by atoms with van der Waals surface area (Å²) in [6.07, 6.45) is 1.33. The van der Waals surface area contributed by atoms with Crippen LogP contribution < -0.4 is 5.32 Å². The van der Waals surface area contributed by atoms with Crippen LogP contribution in [0.1, 0.15) is 5.69 Å². The van der Waals surface area contributed by atoms with E-state index in [4.69, 9.17) is 9.63 Å². The van der Waals surface area contributed by atoms with Crippen LogP contribution in [-0.4, -0.2) is 32.7 Å². The smallest absolute Gasteiger partial charge is 0.322 e. The van der Waals surface area contributed by atoms with Crippen LogP contribution in [-0.2, 0) is 4.79 Å². The summed E-state index contributed by atoms with van der Waals surface area (Å²) in [6, 6.07) is 0. The van der Waals surface area contributed by atoms with E-state index < -0.39 is 5.97 Å². The summed E-state index contributed by atoms with van der Waals surface area (Å²) in [5.41, 5.74) is 1.60. The number of hydrogen-bond acceptors (Lipinski definition) is 6. The molecule has 0 bridgehead atoms. The number of anilines is 1. The maximum atomic E-state index is 10.4. The Morgan fingerprint density at radius 2 is 2.40 bits per heavy atom. The first kappa shape index (κ1) is 9.38. The van der Waals surface area contributed by atoms with Gasteiger partial charge in [0.1, 0.15) is 24.1 Å². The van der Waals surface area contributed by atoms with Crippen molar-refractivity contribution in [3.8, 4) is 0 Å². The van der Waals surface area contributed by atoms with Crippen molar-refractivity contribution < 1.29 is 14.4 Å². The first-order valence-corrected chi connectivity index (χ1v) is 4.21. The van der Waals surface area contributed by atoms with Crippen LogP contribution in [0.5, 0.6) is 0 Å². The SMILES string of the molecule is Cc1noc2c(NCC(=O)O)ncnc12. The summed E-state index contributed by atoms with van der Waals surface area (Å²) in [7, 11) is 0. The van der Waals surface area contributed by atoms with Gasteiger partial charge in [-0.25, -0.2) is 9.97 Å². The third-order valence-electron chi connectivity index (χ3n) is 1.83. The average molecular weight is 208 g/mol. The molecule has 2 aromatic heterocycles. The highest BCUT2D eigenvalue weighted by Crippen LogP contribution is 2.20. The van der Waals surface area contributed by atoms with Gasteiger partial charge in [-0.3, -0.25) is 4.79 Å². The number of aryl methyl sites for hydroxylation is 1. The largest absolute Gasteiger partial charge is 0.480 e. The lowest BCUT2D eigenvalue weighted by Gasteiger charge is -2.00. The first-order valence-electron chi connectivity index (χ1n) is 4.21. The van der Waals surface area contributed by atoms with Gasteiger partial charge in [0.05, 0.1) is 0 Å². The van der Waals surface area contributed by atoms with E-state index in [9.17, 15) is 4.79 Å². The summed E-state index contributed by atoms with van der Waals surface area (Å²) in [6.45, 7) is 1.52. The molecule has 0 amide bonds. The van der Waals surface area contributed by atoms with Crippen molar-refractivity contribution >= 4 is 22.9 Å².